The van der Waals surface area contributed by atoms with Gasteiger partial charge < -0.3 is 14.6 Å². The van der Waals surface area contributed by atoms with Crippen molar-refractivity contribution in [2.75, 3.05) is 24.5 Å². The zero-order valence-corrected chi connectivity index (χ0v) is 33.8. The predicted molar refractivity (Wildman–Crippen MR) is 229 cm³/mol. The topological polar surface area (TPSA) is 125 Å². The Morgan fingerprint density at radius 1 is 0.767 bits per heavy atom. The molecule has 302 valence electrons. The Bertz CT molecular complexity index is 2600. The summed E-state index contributed by atoms with van der Waals surface area (Å²) in [5, 5.41) is 11.8. The van der Waals surface area contributed by atoms with Gasteiger partial charge in [0.05, 0.1) is 48.8 Å². The molecule has 9 rings (SSSR count). The molecule has 3 fully saturated rings. The van der Waals surface area contributed by atoms with Crippen LogP contribution < -0.4 is 19.8 Å². The largest absolute Gasteiger partial charge is 0.508 e. The molecule has 2 N–H and O–H groups in total. The fourth-order valence-electron chi connectivity index (χ4n) is 10.1. The van der Waals surface area contributed by atoms with Crippen LogP contribution in [0.4, 0.5) is 11.4 Å². The van der Waals surface area contributed by atoms with E-state index in [1.54, 1.807) is 39.3 Å². The molecule has 0 aromatic heterocycles. The molecule has 1 saturated carbocycles. The number of methoxy groups -OCH3 is 2. The van der Waals surface area contributed by atoms with Crippen molar-refractivity contribution < 1.29 is 33.8 Å². The molecule has 2 saturated heterocycles. The van der Waals surface area contributed by atoms with Gasteiger partial charge in [0.15, 0.2) is 0 Å². The van der Waals surface area contributed by atoms with E-state index in [0.717, 1.165) is 32.8 Å². The highest BCUT2D eigenvalue weighted by Gasteiger charge is 2.70. The van der Waals surface area contributed by atoms with E-state index in [1.807, 2.05) is 122 Å². The van der Waals surface area contributed by atoms with Crippen molar-refractivity contribution >= 4 is 47.2 Å². The summed E-state index contributed by atoms with van der Waals surface area (Å²) in [4.78, 5) is 60.8. The number of aromatic hydroxyl groups is 1. The van der Waals surface area contributed by atoms with Gasteiger partial charge in [0.2, 0.25) is 11.8 Å². The van der Waals surface area contributed by atoms with Crippen molar-refractivity contribution in [3.8, 4) is 17.2 Å². The maximum atomic E-state index is 15.4. The minimum absolute atomic E-state index is 0.110. The molecule has 5 aromatic carbocycles. The van der Waals surface area contributed by atoms with Gasteiger partial charge in [-0.3, -0.25) is 29.5 Å². The standard InChI is InChI=1S/C50H45N3O7/c1-29-10-17-35(18-11-29)51-53-47(56)41-28-40-38(45(33-16-24-42(54)30(2)26-33)50(41,49(53)58)34-8-6-5-7-9-34)22-23-39-44(40)48(57)52(46(39)55)36-19-13-31(14-20-36)12-15-32-27-37(59-3)21-25-43(32)60-4/h5-22,24-27,39-41,44-45,51,54H,23,28H2,1-4H3/t39-,40+,41-,44-,45-,50+/m0/s1. The first-order valence-electron chi connectivity index (χ1n) is 20.2. The van der Waals surface area contributed by atoms with Crippen molar-refractivity contribution in [3.63, 3.8) is 0 Å². The molecule has 0 radical (unpaired) electrons. The second kappa shape index (κ2) is 15.0. The Morgan fingerprint density at radius 2 is 1.52 bits per heavy atom. The van der Waals surface area contributed by atoms with E-state index in [9.17, 15) is 19.5 Å². The number of amides is 4. The van der Waals surface area contributed by atoms with Crippen LogP contribution in [-0.2, 0) is 24.6 Å². The van der Waals surface area contributed by atoms with Gasteiger partial charge in [-0.05, 0) is 103 Å². The average molecular weight is 800 g/mol. The van der Waals surface area contributed by atoms with E-state index in [4.69, 9.17) is 9.47 Å². The number of anilines is 2. The Balaban J connectivity index is 1.10. The molecular formula is C50H45N3O7. The summed E-state index contributed by atoms with van der Waals surface area (Å²) < 4.78 is 10.9. The molecule has 4 amide bonds. The first kappa shape index (κ1) is 38.6. The number of phenols is 1. The number of hydrogen-bond acceptors (Lipinski definition) is 8. The fraction of sp³-hybridized carbons (Fsp3) is 0.240. The highest BCUT2D eigenvalue weighted by Crippen LogP contribution is 2.64. The summed E-state index contributed by atoms with van der Waals surface area (Å²) in [7, 11) is 3.22. The maximum Gasteiger partial charge on any atom is 0.260 e. The number of imide groups is 2. The number of nitrogens with one attached hydrogen (secondary N) is 1. The summed E-state index contributed by atoms with van der Waals surface area (Å²) in [6, 6.07) is 35.1. The Labute approximate surface area is 348 Å². The first-order chi connectivity index (χ1) is 29.0. The lowest BCUT2D eigenvalue weighted by molar-refractivity contribution is -0.138. The number of rotatable bonds is 9. The number of allylic oxidation sites excluding steroid dienone is 2. The molecule has 5 aromatic rings. The number of benzene rings is 5. The lowest BCUT2D eigenvalue weighted by Crippen LogP contribution is -2.53. The molecule has 2 heterocycles. The van der Waals surface area contributed by atoms with Crippen LogP contribution in [-0.4, -0.2) is 48.0 Å². The number of carbonyl (C=O) groups excluding carboxylic acids is 4. The molecule has 2 aliphatic carbocycles. The average Bonchev–Trinajstić information content (AvgIpc) is 3.65. The summed E-state index contributed by atoms with van der Waals surface area (Å²) in [6.45, 7) is 3.77. The second-order valence-corrected chi connectivity index (χ2v) is 16.2. The van der Waals surface area contributed by atoms with Gasteiger partial charge in [-0.25, -0.2) is 0 Å². The molecule has 10 nitrogen and oxygen atoms in total. The lowest BCUT2D eigenvalue weighted by Gasteiger charge is -2.50. The predicted octanol–water partition coefficient (Wildman–Crippen LogP) is 8.39. The van der Waals surface area contributed by atoms with E-state index < -0.39 is 46.8 Å². The number of nitrogens with zero attached hydrogens (tertiary/aromatic N) is 2. The number of phenolic OH excluding ortho intramolecular Hbond substituents is 1. The van der Waals surface area contributed by atoms with Crippen LogP contribution in [0.2, 0.25) is 0 Å². The van der Waals surface area contributed by atoms with E-state index in [-0.39, 0.29) is 24.0 Å². The van der Waals surface area contributed by atoms with Crippen molar-refractivity contribution in [1.29, 1.82) is 0 Å². The zero-order chi connectivity index (χ0) is 41.9. The van der Waals surface area contributed by atoms with Crippen LogP contribution in [0.25, 0.3) is 12.2 Å². The molecule has 4 aliphatic rings. The van der Waals surface area contributed by atoms with Crippen LogP contribution >= 0.6 is 0 Å². The van der Waals surface area contributed by atoms with Gasteiger partial charge in [0, 0.05) is 11.5 Å². The molecule has 10 heteroatoms. The minimum atomic E-state index is -1.39. The van der Waals surface area contributed by atoms with E-state index in [0.29, 0.717) is 40.4 Å². The van der Waals surface area contributed by atoms with Crippen LogP contribution in [0.3, 0.4) is 0 Å². The number of carbonyl (C=O) groups is 4. The van der Waals surface area contributed by atoms with E-state index in [2.05, 4.69) is 5.43 Å². The number of hydrazine groups is 1. The monoisotopic (exact) mass is 799 g/mol. The van der Waals surface area contributed by atoms with Crippen molar-refractivity contribution in [1.82, 2.24) is 5.01 Å². The molecule has 6 atom stereocenters. The second-order valence-electron chi connectivity index (χ2n) is 16.2. The third kappa shape index (κ3) is 6.08. The third-order valence-electron chi connectivity index (χ3n) is 13.0. The summed E-state index contributed by atoms with van der Waals surface area (Å²) in [5.74, 6) is -3.33. The van der Waals surface area contributed by atoms with Gasteiger partial charge in [0.1, 0.15) is 17.2 Å². The quantitative estimate of drug-likeness (QED) is 0.0866. The highest BCUT2D eigenvalue weighted by atomic mass is 16.5. The number of aryl methyl sites for hydroxylation is 2. The van der Waals surface area contributed by atoms with Gasteiger partial charge in [-0.2, -0.15) is 5.01 Å². The number of fused-ring (bicyclic) bond motifs is 4. The summed E-state index contributed by atoms with van der Waals surface area (Å²) in [5.41, 5.74) is 8.45. The summed E-state index contributed by atoms with van der Waals surface area (Å²) >= 11 is 0. The van der Waals surface area contributed by atoms with Crippen LogP contribution in [0.15, 0.2) is 127 Å². The summed E-state index contributed by atoms with van der Waals surface area (Å²) in [6.07, 6.45) is 6.38. The van der Waals surface area contributed by atoms with E-state index >= 15 is 4.79 Å². The van der Waals surface area contributed by atoms with Crippen molar-refractivity contribution in [3.05, 3.63) is 160 Å². The normalized spacial score (nSPS) is 24.6. The SMILES string of the molecule is COc1ccc(OC)c(C=Cc2ccc(N3C(=O)[C@H]4[C@H](CC=C5[C@H]4C[C@H]4C(=O)N(Nc6ccc(C)cc6)C(=O)[C@@]4(c4ccccc4)[C@H]5c4ccc(O)c(C)c4)C3=O)cc2)c1. The Morgan fingerprint density at radius 3 is 2.22 bits per heavy atom. The van der Waals surface area contributed by atoms with Gasteiger partial charge in [-0.15, -0.1) is 0 Å². The lowest BCUT2D eigenvalue weighted by atomic mass is 9.49. The fourth-order valence-corrected chi connectivity index (χ4v) is 10.1. The van der Waals surface area contributed by atoms with Crippen LogP contribution in [0, 0.1) is 37.5 Å². The zero-order valence-electron chi connectivity index (χ0n) is 33.8. The molecule has 2 aliphatic heterocycles. The van der Waals surface area contributed by atoms with Gasteiger partial charge in [0.25, 0.3) is 11.8 Å². The van der Waals surface area contributed by atoms with E-state index in [1.165, 1.54) is 4.90 Å². The van der Waals surface area contributed by atoms with Crippen molar-refractivity contribution in [2.45, 2.75) is 38.0 Å². The number of hydrogen-bond donors (Lipinski definition) is 2. The smallest absolute Gasteiger partial charge is 0.260 e. The molecule has 0 bridgehead atoms. The molecular weight excluding hydrogens is 755 g/mol. The maximum absolute atomic E-state index is 15.4. The van der Waals surface area contributed by atoms with Crippen molar-refractivity contribution in [2.24, 2.45) is 23.7 Å². The minimum Gasteiger partial charge on any atom is -0.508 e. The third-order valence-corrected chi connectivity index (χ3v) is 13.0. The Hall–Kier alpha value is -6.94. The molecule has 60 heavy (non-hydrogen) atoms. The van der Waals surface area contributed by atoms with Gasteiger partial charge >= 0.3 is 0 Å². The number of ether oxygens (including phenoxy) is 2. The molecule has 0 unspecified atom stereocenters. The van der Waals surface area contributed by atoms with Gasteiger partial charge in [-0.1, -0.05) is 96.1 Å². The van der Waals surface area contributed by atoms with Crippen LogP contribution in [0.5, 0.6) is 17.2 Å². The van der Waals surface area contributed by atoms with Crippen LogP contribution in [0.1, 0.15) is 52.1 Å². The Kier molecular flexibility index (Phi) is 9.66. The highest BCUT2D eigenvalue weighted by molar-refractivity contribution is 6.22. The molecule has 0 spiro atoms. The first-order valence-corrected chi connectivity index (χ1v) is 20.2.